The van der Waals surface area contributed by atoms with E-state index in [0.29, 0.717) is 0 Å². The van der Waals surface area contributed by atoms with Crippen LogP contribution in [0.4, 0.5) is 5.69 Å². The van der Waals surface area contributed by atoms with Crippen LogP contribution in [0.1, 0.15) is 11.1 Å². The summed E-state index contributed by atoms with van der Waals surface area (Å²) in [6, 6.07) is 12.2. The summed E-state index contributed by atoms with van der Waals surface area (Å²) in [5.74, 6) is 1.01. The Kier molecular flexibility index (Phi) is 3.67. The maximum absolute atomic E-state index is 6.08. The maximum Gasteiger partial charge on any atom is 0.122 e. The zero-order valence-corrected chi connectivity index (χ0v) is 12.6. The van der Waals surface area contributed by atoms with E-state index in [1.807, 2.05) is 24.3 Å². The lowest BCUT2D eigenvalue weighted by atomic mass is 10.1. The highest BCUT2D eigenvalue weighted by Crippen LogP contribution is 2.28. The van der Waals surface area contributed by atoms with Gasteiger partial charge in [-0.1, -0.05) is 17.7 Å². The molecule has 2 aromatic carbocycles. The Morgan fingerprint density at radius 1 is 1.21 bits per heavy atom. The molecule has 1 N–H and O–H groups in total. The Hall–Kier alpha value is -1.19. The fraction of sp³-hybridized carbons (Fsp3) is 0.200. The van der Waals surface area contributed by atoms with Crippen molar-refractivity contribution in [2.24, 2.45) is 0 Å². The molecule has 3 rings (SSSR count). The summed E-state index contributed by atoms with van der Waals surface area (Å²) in [7, 11) is 0. The second-order valence-corrected chi connectivity index (χ2v) is 5.78. The van der Waals surface area contributed by atoms with E-state index in [1.54, 1.807) is 0 Å². The monoisotopic (exact) mass is 337 g/mol. The van der Waals surface area contributed by atoms with Gasteiger partial charge in [-0.3, -0.25) is 0 Å². The molecule has 1 aliphatic rings. The van der Waals surface area contributed by atoms with Gasteiger partial charge in [-0.25, -0.2) is 0 Å². The van der Waals surface area contributed by atoms with E-state index in [-0.39, 0.29) is 0 Å². The van der Waals surface area contributed by atoms with Crippen molar-refractivity contribution < 1.29 is 4.74 Å². The lowest BCUT2D eigenvalue weighted by Gasteiger charge is -2.09. The smallest absolute Gasteiger partial charge is 0.122 e. The minimum Gasteiger partial charge on any atom is -0.493 e. The fourth-order valence-electron chi connectivity index (χ4n) is 2.15. The van der Waals surface area contributed by atoms with E-state index in [9.17, 15) is 0 Å². The number of hydrogen-bond acceptors (Lipinski definition) is 2. The second-order valence-electron chi connectivity index (χ2n) is 4.52. The molecule has 0 bridgehead atoms. The number of halogens is 2. The molecule has 0 saturated carbocycles. The van der Waals surface area contributed by atoms with E-state index in [0.717, 1.165) is 46.1 Å². The first-order valence-corrected chi connectivity index (χ1v) is 7.33. The zero-order chi connectivity index (χ0) is 13.2. The van der Waals surface area contributed by atoms with Crippen LogP contribution in [0.5, 0.6) is 5.75 Å². The van der Waals surface area contributed by atoms with Gasteiger partial charge in [0.25, 0.3) is 0 Å². The van der Waals surface area contributed by atoms with E-state index >= 15 is 0 Å². The molecule has 0 amide bonds. The first kappa shape index (κ1) is 12.8. The summed E-state index contributed by atoms with van der Waals surface area (Å²) in [5.41, 5.74) is 3.55. The highest BCUT2D eigenvalue weighted by molar-refractivity contribution is 9.10. The normalized spacial score (nSPS) is 12.9. The number of anilines is 1. The SMILES string of the molecule is Clc1cc(CNc2ccc3c(c2)CCO3)ccc1Br. The lowest BCUT2D eigenvalue weighted by Crippen LogP contribution is -1.99. The lowest BCUT2D eigenvalue weighted by molar-refractivity contribution is 0.357. The van der Waals surface area contributed by atoms with Crippen LogP contribution in [0, 0.1) is 0 Å². The Morgan fingerprint density at radius 2 is 2.11 bits per heavy atom. The molecule has 0 fully saturated rings. The topological polar surface area (TPSA) is 21.3 Å². The molecular formula is C15H13BrClNO. The minimum absolute atomic E-state index is 0.738. The van der Waals surface area contributed by atoms with Crippen LogP contribution in [0.25, 0.3) is 0 Å². The first-order chi connectivity index (χ1) is 9.22. The molecular weight excluding hydrogens is 326 g/mol. The van der Waals surface area contributed by atoms with Gasteiger partial charge in [0.15, 0.2) is 0 Å². The predicted molar refractivity (Wildman–Crippen MR) is 82.1 cm³/mol. The molecule has 0 atom stereocenters. The van der Waals surface area contributed by atoms with Crippen molar-refractivity contribution in [2.45, 2.75) is 13.0 Å². The molecule has 98 valence electrons. The van der Waals surface area contributed by atoms with E-state index in [2.05, 4.69) is 33.4 Å². The summed E-state index contributed by atoms with van der Waals surface area (Å²) < 4.78 is 6.42. The van der Waals surface area contributed by atoms with Gasteiger partial charge in [0, 0.05) is 23.1 Å². The van der Waals surface area contributed by atoms with Gasteiger partial charge in [0.2, 0.25) is 0 Å². The van der Waals surface area contributed by atoms with Crippen LogP contribution < -0.4 is 10.1 Å². The summed E-state index contributed by atoms with van der Waals surface area (Å²) in [4.78, 5) is 0. The highest BCUT2D eigenvalue weighted by atomic mass is 79.9. The Bertz CT molecular complexity index is 615. The van der Waals surface area contributed by atoms with Gasteiger partial charge in [0.05, 0.1) is 11.6 Å². The van der Waals surface area contributed by atoms with Crippen molar-refractivity contribution in [3.63, 3.8) is 0 Å². The molecule has 2 nitrogen and oxygen atoms in total. The first-order valence-electron chi connectivity index (χ1n) is 6.16. The van der Waals surface area contributed by atoms with Crippen molar-refractivity contribution in [2.75, 3.05) is 11.9 Å². The number of nitrogens with one attached hydrogen (secondary N) is 1. The van der Waals surface area contributed by atoms with Crippen LogP contribution >= 0.6 is 27.5 Å². The molecule has 0 spiro atoms. The molecule has 0 aromatic heterocycles. The van der Waals surface area contributed by atoms with Crippen molar-refractivity contribution in [1.29, 1.82) is 0 Å². The molecule has 0 radical (unpaired) electrons. The minimum atomic E-state index is 0.738. The molecule has 0 unspecified atom stereocenters. The Balaban J connectivity index is 1.70. The van der Waals surface area contributed by atoms with E-state index < -0.39 is 0 Å². The molecule has 0 aliphatic carbocycles. The van der Waals surface area contributed by atoms with Crippen LogP contribution in [0.3, 0.4) is 0 Å². The van der Waals surface area contributed by atoms with E-state index in [1.165, 1.54) is 5.56 Å². The second kappa shape index (κ2) is 5.43. The number of ether oxygens (including phenoxy) is 1. The predicted octanol–water partition coefficient (Wildman–Crippen LogP) is 4.65. The third-order valence-corrected chi connectivity index (χ3v) is 4.40. The molecule has 1 aliphatic heterocycles. The zero-order valence-electron chi connectivity index (χ0n) is 10.2. The molecule has 19 heavy (non-hydrogen) atoms. The highest BCUT2D eigenvalue weighted by Gasteiger charge is 2.11. The molecule has 0 saturated heterocycles. The summed E-state index contributed by atoms with van der Waals surface area (Å²) in [6.45, 7) is 1.55. The van der Waals surface area contributed by atoms with Gasteiger partial charge in [-0.05, 0) is 57.4 Å². The quantitative estimate of drug-likeness (QED) is 0.879. The van der Waals surface area contributed by atoms with Gasteiger partial charge < -0.3 is 10.1 Å². The van der Waals surface area contributed by atoms with Crippen LogP contribution in [0.2, 0.25) is 5.02 Å². The number of benzene rings is 2. The van der Waals surface area contributed by atoms with Gasteiger partial charge in [0.1, 0.15) is 5.75 Å². The fourth-order valence-corrected chi connectivity index (χ4v) is 2.60. The van der Waals surface area contributed by atoms with Crippen molar-refractivity contribution in [3.05, 3.63) is 57.0 Å². The Labute approximate surface area is 125 Å². The third kappa shape index (κ3) is 2.88. The van der Waals surface area contributed by atoms with Gasteiger partial charge in [-0.15, -0.1) is 0 Å². The van der Waals surface area contributed by atoms with E-state index in [4.69, 9.17) is 16.3 Å². The van der Waals surface area contributed by atoms with Gasteiger partial charge in [-0.2, -0.15) is 0 Å². The van der Waals surface area contributed by atoms with Crippen molar-refractivity contribution >= 4 is 33.2 Å². The number of rotatable bonds is 3. The summed E-state index contributed by atoms with van der Waals surface area (Å²) in [5, 5.41) is 4.15. The summed E-state index contributed by atoms with van der Waals surface area (Å²) >= 11 is 9.47. The average Bonchev–Trinajstić information content (AvgIpc) is 2.87. The Morgan fingerprint density at radius 3 is 2.95 bits per heavy atom. The standard InChI is InChI=1S/C15H13BrClNO/c16-13-3-1-10(7-14(13)17)9-18-12-2-4-15-11(8-12)5-6-19-15/h1-4,7-8,18H,5-6,9H2. The van der Waals surface area contributed by atoms with Crippen molar-refractivity contribution in [3.8, 4) is 5.75 Å². The summed E-state index contributed by atoms with van der Waals surface area (Å²) in [6.07, 6.45) is 0.995. The average molecular weight is 339 g/mol. The van der Waals surface area contributed by atoms with Crippen LogP contribution in [-0.2, 0) is 13.0 Å². The number of fused-ring (bicyclic) bond motifs is 1. The number of hydrogen-bond donors (Lipinski definition) is 1. The van der Waals surface area contributed by atoms with Crippen LogP contribution in [0.15, 0.2) is 40.9 Å². The molecule has 4 heteroatoms. The van der Waals surface area contributed by atoms with Gasteiger partial charge >= 0.3 is 0 Å². The van der Waals surface area contributed by atoms with Crippen molar-refractivity contribution in [1.82, 2.24) is 0 Å². The largest absolute Gasteiger partial charge is 0.493 e. The third-order valence-electron chi connectivity index (χ3n) is 3.17. The molecule has 2 aromatic rings. The maximum atomic E-state index is 6.08. The van der Waals surface area contributed by atoms with Crippen LogP contribution in [-0.4, -0.2) is 6.61 Å². The molecule has 1 heterocycles.